The zero-order valence-corrected chi connectivity index (χ0v) is 14.9. The lowest BCUT2D eigenvalue weighted by molar-refractivity contribution is 0.0326. The van der Waals surface area contributed by atoms with Crippen molar-refractivity contribution in [2.45, 2.75) is 25.3 Å². The minimum absolute atomic E-state index is 0.497. The maximum absolute atomic E-state index is 5.42. The highest BCUT2D eigenvalue weighted by molar-refractivity contribution is 7.13. The molecule has 2 saturated heterocycles. The molecule has 2 fully saturated rings. The first-order valence-electron chi connectivity index (χ1n) is 8.64. The molecule has 7 nitrogen and oxygen atoms in total. The van der Waals surface area contributed by atoms with Crippen molar-refractivity contribution in [2.75, 3.05) is 44.3 Å². The van der Waals surface area contributed by atoms with Crippen LogP contribution in [0.2, 0.25) is 0 Å². The fourth-order valence-electron chi connectivity index (χ4n) is 3.53. The van der Waals surface area contributed by atoms with Crippen molar-refractivity contribution < 1.29 is 4.74 Å². The minimum atomic E-state index is 0.497. The lowest BCUT2D eigenvalue weighted by atomic mass is 9.96. The van der Waals surface area contributed by atoms with Gasteiger partial charge < -0.3 is 14.2 Å². The largest absolute Gasteiger partial charge is 0.379 e. The number of rotatable bonds is 4. The number of aromatic nitrogens is 4. The summed E-state index contributed by atoms with van der Waals surface area (Å²) in [6.07, 6.45) is 4.11. The first kappa shape index (κ1) is 16.0. The Kier molecular flexibility index (Phi) is 4.77. The third-order valence-electron chi connectivity index (χ3n) is 5.02. The van der Waals surface area contributed by atoms with Crippen LogP contribution in [0.25, 0.3) is 0 Å². The Morgan fingerprint density at radius 1 is 1.17 bits per heavy atom. The van der Waals surface area contributed by atoms with Gasteiger partial charge in [-0.15, -0.1) is 21.5 Å². The van der Waals surface area contributed by atoms with E-state index in [0.717, 1.165) is 75.6 Å². The fourth-order valence-corrected chi connectivity index (χ4v) is 4.23. The molecule has 0 N–H and O–H groups in total. The lowest BCUT2D eigenvalue weighted by Crippen LogP contribution is -2.36. The van der Waals surface area contributed by atoms with Gasteiger partial charge in [0.25, 0.3) is 0 Å². The fraction of sp³-hybridized carbons (Fsp3) is 0.688. The predicted molar refractivity (Wildman–Crippen MR) is 93.4 cm³/mol. The third kappa shape index (κ3) is 3.31. The van der Waals surface area contributed by atoms with Gasteiger partial charge in [-0.2, -0.15) is 0 Å². The van der Waals surface area contributed by atoms with Crippen LogP contribution >= 0.6 is 11.3 Å². The first-order chi connectivity index (χ1) is 11.8. The number of hydrogen-bond acceptors (Lipinski definition) is 7. The normalized spacial score (nSPS) is 20.6. The van der Waals surface area contributed by atoms with E-state index in [9.17, 15) is 0 Å². The van der Waals surface area contributed by atoms with Gasteiger partial charge in [0.05, 0.1) is 19.8 Å². The van der Waals surface area contributed by atoms with Gasteiger partial charge >= 0.3 is 0 Å². The van der Waals surface area contributed by atoms with Gasteiger partial charge in [0.15, 0.2) is 5.13 Å². The highest BCUT2D eigenvalue weighted by Gasteiger charge is 2.26. The van der Waals surface area contributed by atoms with Gasteiger partial charge in [-0.1, -0.05) is 0 Å². The van der Waals surface area contributed by atoms with Crippen LogP contribution < -0.4 is 4.90 Å². The van der Waals surface area contributed by atoms with E-state index >= 15 is 0 Å². The summed E-state index contributed by atoms with van der Waals surface area (Å²) in [5.41, 5.74) is 0. The summed E-state index contributed by atoms with van der Waals surface area (Å²) in [6.45, 7) is 6.56. The van der Waals surface area contributed by atoms with E-state index in [1.54, 1.807) is 11.3 Å². The number of ether oxygens (including phenoxy) is 1. The number of thiazole rings is 1. The lowest BCUT2D eigenvalue weighted by Gasteiger charge is -2.31. The van der Waals surface area contributed by atoms with E-state index in [2.05, 4.69) is 36.6 Å². The average Bonchev–Trinajstić information content (AvgIpc) is 3.27. The Morgan fingerprint density at radius 3 is 2.67 bits per heavy atom. The van der Waals surface area contributed by atoms with Crippen LogP contribution in [0.5, 0.6) is 0 Å². The Morgan fingerprint density at radius 2 is 1.96 bits per heavy atom. The predicted octanol–water partition coefficient (Wildman–Crippen LogP) is 1.49. The van der Waals surface area contributed by atoms with Crippen LogP contribution in [0, 0.1) is 0 Å². The van der Waals surface area contributed by atoms with E-state index in [0.29, 0.717) is 5.92 Å². The van der Waals surface area contributed by atoms with Gasteiger partial charge in [-0.25, -0.2) is 4.98 Å². The van der Waals surface area contributed by atoms with Crippen molar-refractivity contribution >= 4 is 16.5 Å². The average molecular weight is 348 g/mol. The summed E-state index contributed by atoms with van der Waals surface area (Å²) < 4.78 is 7.62. The zero-order valence-electron chi connectivity index (χ0n) is 14.1. The molecular formula is C16H24N6OS. The molecular weight excluding hydrogens is 324 g/mol. The maximum Gasteiger partial charge on any atom is 0.185 e. The molecule has 130 valence electrons. The highest BCUT2D eigenvalue weighted by atomic mass is 32.1. The second kappa shape index (κ2) is 7.16. The van der Waals surface area contributed by atoms with E-state index in [1.807, 2.05) is 11.6 Å². The van der Waals surface area contributed by atoms with E-state index in [-0.39, 0.29) is 0 Å². The molecule has 0 amide bonds. The van der Waals surface area contributed by atoms with Crippen molar-refractivity contribution in [3.8, 4) is 0 Å². The maximum atomic E-state index is 5.42. The summed E-state index contributed by atoms with van der Waals surface area (Å²) in [4.78, 5) is 9.19. The second-order valence-corrected chi connectivity index (χ2v) is 7.37. The highest BCUT2D eigenvalue weighted by Crippen LogP contribution is 2.30. The quantitative estimate of drug-likeness (QED) is 0.834. The molecule has 0 aromatic carbocycles. The van der Waals surface area contributed by atoms with E-state index < -0.39 is 0 Å². The number of anilines is 1. The molecule has 0 radical (unpaired) electrons. The number of morpholine rings is 1. The van der Waals surface area contributed by atoms with Gasteiger partial charge in [-0.3, -0.25) is 4.90 Å². The Balaban J connectivity index is 1.38. The van der Waals surface area contributed by atoms with Crippen molar-refractivity contribution in [1.82, 2.24) is 24.6 Å². The standard InChI is InChI=1S/C16H24N6OS/c1-20-14(12-21-7-9-23-10-8-21)18-19-15(20)13-2-5-22(6-3-13)16-17-4-11-24-16/h4,11,13H,2-3,5-10,12H2,1H3. The summed E-state index contributed by atoms with van der Waals surface area (Å²) in [5.74, 6) is 2.70. The van der Waals surface area contributed by atoms with Crippen LogP contribution in [0.1, 0.15) is 30.4 Å². The summed E-state index contributed by atoms with van der Waals surface area (Å²) in [5, 5.41) is 12.2. The molecule has 8 heteroatoms. The Bertz CT molecular complexity index is 644. The molecule has 0 aliphatic carbocycles. The minimum Gasteiger partial charge on any atom is -0.379 e. The van der Waals surface area contributed by atoms with Gasteiger partial charge in [0, 0.05) is 50.7 Å². The van der Waals surface area contributed by atoms with Crippen LogP contribution in [-0.4, -0.2) is 64.0 Å². The summed E-state index contributed by atoms with van der Waals surface area (Å²) in [7, 11) is 2.11. The Hall–Kier alpha value is -1.51. The second-order valence-electron chi connectivity index (χ2n) is 6.50. The number of nitrogens with zero attached hydrogens (tertiary/aromatic N) is 6. The molecule has 2 aliphatic rings. The molecule has 2 aromatic rings. The monoisotopic (exact) mass is 348 g/mol. The van der Waals surface area contributed by atoms with Gasteiger partial charge in [-0.05, 0) is 12.8 Å². The van der Waals surface area contributed by atoms with Crippen LogP contribution in [0.4, 0.5) is 5.13 Å². The third-order valence-corrected chi connectivity index (χ3v) is 5.85. The summed E-state index contributed by atoms with van der Waals surface area (Å²) in [6, 6.07) is 0. The Labute approximate surface area is 146 Å². The van der Waals surface area contributed by atoms with Crippen LogP contribution in [-0.2, 0) is 18.3 Å². The molecule has 0 spiro atoms. The smallest absolute Gasteiger partial charge is 0.185 e. The van der Waals surface area contributed by atoms with Gasteiger partial charge in [0.2, 0.25) is 0 Å². The van der Waals surface area contributed by atoms with Crippen LogP contribution in [0.15, 0.2) is 11.6 Å². The molecule has 0 unspecified atom stereocenters. The van der Waals surface area contributed by atoms with E-state index in [1.165, 1.54) is 0 Å². The van der Waals surface area contributed by atoms with Crippen molar-refractivity contribution in [3.63, 3.8) is 0 Å². The van der Waals surface area contributed by atoms with Crippen LogP contribution in [0.3, 0.4) is 0 Å². The first-order valence-corrected chi connectivity index (χ1v) is 9.52. The molecule has 4 heterocycles. The topological polar surface area (TPSA) is 59.3 Å². The molecule has 0 saturated carbocycles. The number of hydrogen-bond donors (Lipinski definition) is 0. The molecule has 2 aromatic heterocycles. The summed E-state index contributed by atoms with van der Waals surface area (Å²) >= 11 is 1.72. The molecule has 4 rings (SSSR count). The molecule has 24 heavy (non-hydrogen) atoms. The number of piperidine rings is 1. The molecule has 2 aliphatic heterocycles. The van der Waals surface area contributed by atoms with Crippen molar-refractivity contribution in [3.05, 3.63) is 23.2 Å². The van der Waals surface area contributed by atoms with Crippen molar-refractivity contribution in [1.29, 1.82) is 0 Å². The molecule has 0 atom stereocenters. The SMILES string of the molecule is Cn1c(CN2CCOCC2)nnc1C1CCN(c2nccs2)CC1. The molecule has 0 bridgehead atoms. The van der Waals surface area contributed by atoms with E-state index in [4.69, 9.17) is 4.74 Å². The zero-order chi connectivity index (χ0) is 16.4. The van der Waals surface area contributed by atoms with Crippen molar-refractivity contribution in [2.24, 2.45) is 7.05 Å². The van der Waals surface area contributed by atoms with Gasteiger partial charge in [0.1, 0.15) is 11.6 Å².